The normalized spacial score (nSPS) is 11.5. The predicted molar refractivity (Wildman–Crippen MR) is 97.7 cm³/mol. The molecule has 1 aromatic heterocycles. The molecule has 0 unspecified atom stereocenters. The van der Waals surface area contributed by atoms with Crippen molar-refractivity contribution in [2.45, 2.75) is 6.42 Å². The molecule has 8 heteroatoms. The summed E-state index contributed by atoms with van der Waals surface area (Å²) in [6.45, 7) is 1.40. The van der Waals surface area contributed by atoms with E-state index in [0.717, 1.165) is 22.0 Å². The van der Waals surface area contributed by atoms with Gasteiger partial charge in [-0.25, -0.2) is 9.36 Å². The molecular weight excluding hydrogens is 376 g/mol. The molecule has 0 aliphatic carbocycles. The maximum atomic E-state index is 12.0. The molecule has 0 spiro atoms. The van der Waals surface area contributed by atoms with Crippen molar-refractivity contribution in [1.82, 2.24) is 14.5 Å². The second-order valence-electron chi connectivity index (χ2n) is 5.50. The van der Waals surface area contributed by atoms with E-state index in [0.29, 0.717) is 12.2 Å². The summed E-state index contributed by atoms with van der Waals surface area (Å²) in [5.41, 5.74) is -0.964. The minimum Gasteiger partial charge on any atom is -0.493 e. The lowest BCUT2D eigenvalue weighted by Crippen LogP contribution is -2.31. The van der Waals surface area contributed by atoms with Gasteiger partial charge in [-0.2, -0.15) is 0 Å². The highest BCUT2D eigenvalue weighted by Crippen LogP contribution is 2.17. The molecule has 0 radical (unpaired) electrons. The molecule has 0 aliphatic heterocycles. The van der Waals surface area contributed by atoms with Gasteiger partial charge in [0.05, 0.1) is 5.69 Å². The van der Waals surface area contributed by atoms with Crippen LogP contribution in [0.2, 0.25) is 0 Å². The zero-order chi connectivity index (χ0) is 17.7. The van der Waals surface area contributed by atoms with Gasteiger partial charge in [-0.05, 0) is 51.3 Å². The van der Waals surface area contributed by atoms with Crippen molar-refractivity contribution in [2.24, 2.45) is 4.99 Å². The highest BCUT2D eigenvalue weighted by molar-refractivity contribution is 9.10. The molecule has 24 heavy (non-hydrogen) atoms. The lowest BCUT2D eigenvalue weighted by atomic mass is 10.3. The molecule has 0 saturated heterocycles. The van der Waals surface area contributed by atoms with Crippen molar-refractivity contribution < 1.29 is 5.11 Å². The molecule has 0 atom stereocenters. The van der Waals surface area contributed by atoms with Crippen LogP contribution in [0.3, 0.4) is 0 Å². The number of nitrogens with one attached hydrogen (secondary N) is 1. The van der Waals surface area contributed by atoms with Gasteiger partial charge in [-0.1, -0.05) is 15.9 Å². The first-order valence-corrected chi connectivity index (χ1v) is 8.18. The van der Waals surface area contributed by atoms with Crippen molar-refractivity contribution >= 4 is 22.1 Å². The van der Waals surface area contributed by atoms with Gasteiger partial charge in [0, 0.05) is 17.2 Å². The maximum absolute atomic E-state index is 12.0. The van der Waals surface area contributed by atoms with Crippen LogP contribution in [-0.2, 0) is 0 Å². The van der Waals surface area contributed by atoms with E-state index in [2.05, 4.69) is 25.9 Å². The van der Waals surface area contributed by atoms with Crippen LogP contribution in [0.15, 0.2) is 43.3 Å². The summed E-state index contributed by atoms with van der Waals surface area (Å²) in [4.78, 5) is 32.4. The van der Waals surface area contributed by atoms with Gasteiger partial charge < -0.3 is 10.0 Å². The number of hydrogen-bond acceptors (Lipinski definition) is 5. The third kappa shape index (κ3) is 4.42. The first kappa shape index (κ1) is 18.2. The van der Waals surface area contributed by atoms with Gasteiger partial charge in [0.15, 0.2) is 0 Å². The molecule has 1 aromatic carbocycles. The zero-order valence-corrected chi connectivity index (χ0v) is 15.1. The molecule has 0 amide bonds. The van der Waals surface area contributed by atoms with Gasteiger partial charge in [0.2, 0.25) is 5.88 Å². The van der Waals surface area contributed by atoms with Gasteiger partial charge >= 0.3 is 5.69 Å². The number of aromatic hydroxyl groups is 1. The topological polar surface area (TPSA) is 90.7 Å². The molecule has 2 aromatic rings. The minimum atomic E-state index is -0.704. The third-order valence-electron chi connectivity index (χ3n) is 3.32. The van der Waals surface area contributed by atoms with E-state index in [4.69, 9.17) is 0 Å². The Balaban J connectivity index is 2.34. The van der Waals surface area contributed by atoms with Gasteiger partial charge in [0.25, 0.3) is 5.56 Å². The van der Waals surface area contributed by atoms with E-state index in [9.17, 15) is 14.7 Å². The molecule has 2 N–H and O–H groups in total. The van der Waals surface area contributed by atoms with E-state index in [1.807, 2.05) is 19.0 Å². The summed E-state index contributed by atoms with van der Waals surface area (Å²) in [7, 11) is 3.93. The highest BCUT2D eigenvalue weighted by atomic mass is 79.9. The first-order valence-electron chi connectivity index (χ1n) is 7.39. The van der Waals surface area contributed by atoms with Crippen LogP contribution in [0.1, 0.15) is 12.0 Å². The second kappa shape index (κ2) is 8.07. The van der Waals surface area contributed by atoms with Crippen LogP contribution in [-0.4, -0.2) is 53.0 Å². The number of halogens is 1. The second-order valence-corrected chi connectivity index (χ2v) is 6.42. The quantitative estimate of drug-likeness (QED) is 0.571. The lowest BCUT2D eigenvalue weighted by Gasteiger charge is -2.09. The lowest BCUT2D eigenvalue weighted by molar-refractivity contribution is 0.403. The molecular formula is C16H19BrN4O3. The van der Waals surface area contributed by atoms with E-state index >= 15 is 0 Å². The molecule has 128 valence electrons. The number of hydrogen-bond donors (Lipinski definition) is 2. The standard InChI is InChI=1S/C16H19BrN4O3/c1-20(2)9-3-8-18-10-13-14(22)19-16(24)21(15(13)23)12-6-4-11(17)5-7-12/h4-7,10,23H,3,8-9H2,1-2H3,(H,19,22,24). The average Bonchev–Trinajstić information content (AvgIpc) is 2.51. The number of aliphatic imine (C=N–C) groups is 1. The number of aromatic amines is 1. The molecule has 0 bridgehead atoms. The number of rotatable bonds is 6. The summed E-state index contributed by atoms with van der Waals surface area (Å²) in [5.74, 6) is -0.428. The Morgan fingerprint density at radius 3 is 2.58 bits per heavy atom. The van der Waals surface area contributed by atoms with E-state index in [1.54, 1.807) is 24.3 Å². The summed E-state index contributed by atoms with van der Waals surface area (Å²) < 4.78 is 1.88. The zero-order valence-electron chi connectivity index (χ0n) is 13.5. The molecule has 2 rings (SSSR count). The number of aromatic nitrogens is 2. The monoisotopic (exact) mass is 394 g/mol. The predicted octanol–water partition coefficient (Wildman–Crippen LogP) is 1.36. The average molecular weight is 395 g/mol. The van der Waals surface area contributed by atoms with E-state index < -0.39 is 17.1 Å². The van der Waals surface area contributed by atoms with Crippen LogP contribution < -0.4 is 11.2 Å². The molecule has 7 nitrogen and oxygen atoms in total. The van der Waals surface area contributed by atoms with Crippen molar-refractivity contribution in [3.8, 4) is 11.6 Å². The van der Waals surface area contributed by atoms with Crippen molar-refractivity contribution in [1.29, 1.82) is 0 Å². The Morgan fingerprint density at radius 2 is 1.96 bits per heavy atom. The fourth-order valence-corrected chi connectivity index (χ4v) is 2.38. The van der Waals surface area contributed by atoms with E-state index in [1.165, 1.54) is 6.21 Å². The smallest absolute Gasteiger partial charge is 0.335 e. The van der Waals surface area contributed by atoms with Gasteiger partial charge in [0.1, 0.15) is 5.56 Å². The van der Waals surface area contributed by atoms with Crippen LogP contribution >= 0.6 is 15.9 Å². The highest BCUT2D eigenvalue weighted by Gasteiger charge is 2.13. The molecule has 0 fully saturated rings. The largest absolute Gasteiger partial charge is 0.493 e. The fraction of sp³-hybridized carbons (Fsp3) is 0.312. The number of benzene rings is 1. The Labute approximate surface area is 147 Å². The Morgan fingerprint density at radius 1 is 1.29 bits per heavy atom. The summed E-state index contributed by atoms with van der Waals surface area (Å²) in [5, 5.41) is 10.3. The van der Waals surface area contributed by atoms with Crippen molar-refractivity contribution in [3.63, 3.8) is 0 Å². The fourth-order valence-electron chi connectivity index (χ4n) is 2.12. The van der Waals surface area contributed by atoms with Crippen LogP contribution in [0.5, 0.6) is 5.88 Å². The number of H-pyrrole nitrogens is 1. The maximum Gasteiger partial charge on any atom is 0.335 e. The van der Waals surface area contributed by atoms with Gasteiger partial charge in [-0.3, -0.25) is 14.8 Å². The first-order chi connectivity index (χ1) is 11.4. The minimum absolute atomic E-state index is 0.0395. The van der Waals surface area contributed by atoms with Crippen LogP contribution in [0.25, 0.3) is 5.69 Å². The number of nitrogens with zero attached hydrogens (tertiary/aromatic N) is 3. The summed E-state index contributed by atoms with van der Waals surface area (Å²) in [6.07, 6.45) is 2.13. The van der Waals surface area contributed by atoms with Crippen molar-refractivity contribution in [2.75, 3.05) is 27.2 Å². The Hall–Kier alpha value is -2.19. The third-order valence-corrected chi connectivity index (χ3v) is 3.85. The van der Waals surface area contributed by atoms with Gasteiger partial charge in [-0.15, -0.1) is 0 Å². The van der Waals surface area contributed by atoms with E-state index in [-0.39, 0.29) is 5.56 Å². The summed E-state index contributed by atoms with van der Waals surface area (Å²) >= 11 is 3.31. The Kier molecular flexibility index (Phi) is 6.10. The molecule has 1 heterocycles. The Bertz CT molecular complexity index is 838. The summed E-state index contributed by atoms with van der Waals surface area (Å²) in [6, 6.07) is 6.78. The SMILES string of the molecule is CN(C)CCCN=Cc1c(O)n(-c2ccc(Br)cc2)c(=O)[nH]c1=O. The molecule has 0 aliphatic rings. The van der Waals surface area contributed by atoms with Crippen LogP contribution in [0.4, 0.5) is 0 Å². The van der Waals surface area contributed by atoms with Crippen LogP contribution in [0, 0.1) is 0 Å². The van der Waals surface area contributed by atoms with Crippen molar-refractivity contribution in [3.05, 3.63) is 55.1 Å². The molecule has 0 saturated carbocycles.